The van der Waals surface area contributed by atoms with Crippen LogP contribution in [0.5, 0.6) is 0 Å². The van der Waals surface area contributed by atoms with E-state index in [1.54, 1.807) is 6.26 Å². The fourth-order valence-corrected chi connectivity index (χ4v) is 1.55. The number of para-hydroxylation sites is 1. The highest BCUT2D eigenvalue weighted by Gasteiger charge is 2.06. The van der Waals surface area contributed by atoms with Gasteiger partial charge in [0.05, 0.1) is 6.26 Å². The van der Waals surface area contributed by atoms with E-state index in [9.17, 15) is 0 Å². The number of rotatable bonds is 1. The van der Waals surface area contributed by atoms with Crippen LogP contribution >= 0.6 is 12.6 Å². The summed E-state index contributed by atoms with van der Waals surface area (Å²) < 4.78 is 5.36. The van der Waals surface area contributed by atoms with Crippen LogP contribution in [0.1, 0.15) is 17.7 Å². The normalized spacial score (nSPS) is 13.5. The Morgan fingerprint density at radius 2 is 2.17 bits per heavy atom. The topological polar surface area (TPSA) is 13.1 Å². The molecule has 2 rings (SSSR count). The molecular weight excluding hydrogens is 168 g/mol. The largest absolute Gasteiger partial charge is 0.464 e. The molecule has 0 N–H and O–H groups in total. The van der Waals surface area contributed by atoms with E-state index in [-0.39, 0.29) is 5.25 Å². The van der Waals surface area contributed by atoms with Crippen LogP contribution in [0.3, 0.4) is 0 Å². The van der Waals surface area contributed by atoms with Crippen molar-refractivity contribution in [2.75, 3.05) is 0 Å². The lowest BCUT2D eigenvalue weighted by molar-refractivity contribution is 0.611. The zero-order chi connectivity index (χ0) is 8.55. The van der Waals surface area contributed by atoms with Gasteiger partial charge in [0.15, 0.2) is 0 Å². The minimum atomic E-state index is 0.222. The molecule has 1 aromatic carbocycles. The number of thiol groups is 1. The molecule has 12 heavy (non-hydrogen) atoms. The number of benzene rings is 1. The molecule has 0 saturated carbocycles. The molecule has 0 fully saturated rings. The molecule has 1 unspecified atom stereocenters. The summed E-state index contributed by atoms with van der Waals surface area (Å²) in [6.07, 6.45) is 1.71. The molecule has 1 atom stereocenters. The summed E-state index contributed by atoms with van der Waals surface area (Å²) in [7, 11) is 0. The predicted octanol–water partition coefficient (Wildman–Crippen LogP) is 3.42. The van der Waals surface area contributed by atoms with E-state index in [1.165, 1.54) is 0 Å². The third-order valence-corrected chi connectivity index (χ3v) is 2.24. The van der Waals surface area contributed by atoms with Gasteiger partial charge >= 0.3 is 0 Å². The lowest BCUT2D eigenvalue weighted by Gasteiger charge is -2.03. The molecular formula is C10H10OS. The van der Waals surface area contributed by atoms with Crippen molar-refractivity contribution in [2.24, 2.45) is 0 Å². The molecule has 0 amide bonds. The van der Waals surface area contributed by atoms with Gasteiger partial charge in [0.2, 0.25) is 0 Å². The standard InChI is InChI=1S/C10H10OS/c1-7(12)9-4-2-3-8-5-6-11-10(8)9/h2-7,12H,1H3. The summed E-state index contributed by atoms with van der Waals surface area (Å²) >= 11 is 4.38. The fraction of sp³-hybridized carbons (Fsp3) is 0.200. The number of hydrogen-bond donors (Lipinski definition) is 1. The van der Waals surface area contributed by atoms with E-state index in [1.807, 2.05) is 31.2 Å². The van der Waals surface area contributed by atoms with Crippen molar-refractivity contribution in [1.29, 1.82) is 0 Å². The van der Waals surface area contributed by atoms with Crippen molar-refractivity contribution in [3.05, 3.63) is 36.1 Å². The first-order valence-electron chi connectivity index (χ1n) is 3.93. The van der Waals surface area contributed by atoms with Crippen molar-refractivity contribution in [3.63, 3.8) is 0 Å². The Kier molecular flexibility index (Phi) is 1.85. The average Bonchev–Trinajstić information content (AvgIpc) is 2.49. The van der Waals surface area contributed by atoms with E-state index >= 15 is 0 Å². The maximum absolute atomic E-state index is 5.36. The maximum atomic E-state index is 5.36. The second kappa shape index (κ2) is 2.87. The molecule has 1 heterocycles. The summed E-state index contributed by atoms with van der Waals surface area (Å²) in [5.74, 6) is 0. The van der Waals surface area contributed by atoms with Crippen LogP contribution in [-0.2, 0) is 0 Å². The van der Waals surface area contributed by atoms with Gasteiger partial charge in [0, 0.05) is 16.2 Å². The second-order valence-corrected chi connectivity index (χ2v) is 3.64. The molecule has 0 spiro atoms. The first-order valence-corrected chi connectivity index (χ1v) is 4.45. The van der Waals surface area contributed by atoms with Gasteiger partial charge in [0.1, 0.15) is 5.58 Å². The minimum Gasteiger partial charge on any atom is -0.464 e. The molecule has 2 heteroatoms. The SMILES string of the molecule is CC(S)c1cccc2ccoc12. The second-order valence-electron chi connectivity index (χ2n) is 2.86. The van der Waals surface area contributed by atoms with Gasteiger partial charge in [-0.1, -0.05) is 18.2 Å². The summed E-state index contributed by atoms with van der Waals surface area (Å²) in [5.41, 5.74) is 2.11. The number of fused-ring (bicyclic) bond motifs is 1. The van der Waals surface area contributed by atoms with Gasteiger partial charge in [-0.05, 0) is 13.0 Å². The Labute approximate surface area is 76.8 Å². The highest BCUT2D eigenvalue weighted by molar-refractivity contribution is 7.80. The summed E-state index contributed by atoms with van der Waals surface area (Å²) in [4.78, 5) is 0. The molecule has 0 radical (unpaired) electrons. The van der Waals surface area contributed by atoms with Crippen molar-refractivity contribution < 1.29 is 4.42 Å². The monoisotopic (exact) mass is 178 g/mol. The Bertz CT molecular complexity index is 389. The van der Waals surface area contributed by atoms with Crippen molar-refractivity contribution in [2.45, 2.75) is 12.2 Å². The maximum Gasteiger partial charge on any atom is 0.138 e. The smallest absolute Gasteiger partial charge is 0.138 e. The van der Waals surface area contributed by atoms with Gasteiger partial charge in [-0.15, -0.1) is 0 Å². The molecule has 1 nitrogen and oxygen atoms in total. The van der Waals surface area contributed by atoms with Gasteiger partial charge in [0.25, 0.3) is 0 Å². The van der Waals surface area contributed by atoms with Crippen LogP contribution in [-0.4, -0.2) is 0 Å². The lowest BCUT2D eigenvalue weighted by atomic mass is 10.1. The first kappa shape index (κ1) is 7.74. The summed E-state index contributed by atoms with van der Waals surface area (Å²) in [6.45, 7) is 2.04. The quantitative estimate of drug-likeness (QED) is 0.660. The van der Waals surface area contributed by atoms with Crippen molar-refractivity contribution in [1.82, 2.24) is 0 Å². The summed E-state index contributed by atoms with van der Waals surface area (Å²) in [6, 6.07) is 8.08. The van der Waals surface area contributed by atoms with Crippen LogP contribution < -0.4 is 0 Å². The highest BCUT2D eigenvalue weighted by atomic mass is 32.1. The first-order chi connectivity index (χ1) is 5.79. The van der Waals surface area contributed by atoms with Crippen LogP contribution in [0.15, 0.2) is 34.9 Å². The molecule has 2 aromatic rings. The lowest BCUT2D eigenvalue weighted by Crippen LogP contribution is -1.83. The van der Waals surface area contributed by atoms with Gasteiger partial charge in [-0.3, -0.25) is 0 Å². The minimum absolute atomic E-state index is 0.222. The van der Waals surface area contributed by atoms with E-state index in [4.69, 9.17) is 4.42 Å². The van der Waals surface area contributed by atoms with E-state index < -0.39 is 0 Å². The van der Waals surface area contributed by atoms with Crippen LogP contribution in [0.25, 0.3) is 11.0 Å². The molecule has 0 aliphatic heterocycles. The zero-order valence-electron chi connectivity index (χ0n) is 6.82. The molecule has 0 saturated heterocycles. The Hall–Kier alpha value is -0.890. The van der Waals surface area contributed by atoms with Gasteiger partial charge in [-0.25, -0.2) is 0 Å². The third kappa shape index (κ3) is 1.12. The predicted molar refractivity (Wildman–Crippen MR) is 53.6 cm³/mol. The third-order valence-electron chi connectivity index (χ3n) is 1.96. The molecule has 0 aliphatic carbocycles. The van der Waals surface area contributed by atoms with Crippen molar-refractivity contribution >= 4 is 23.6 Å². The summed E-state index contributed by atoms with van der Waals surface area (Å²) in [5, 5.41) is 1.37. The van der Waals surface area contributed by atoms with E-state index in [0.717, 1.165) is 16.5 Å². The van der Waals surface area contributed by atoms with Gasteiger partial charge in [-0.2, -0.15) is 12.6 Å². The Balaban J connectivity index is 2.73. The van der Waals surface area contributed by atoms with Gasteiger partial charge < -0.3 is 4.42 Å². The molecule has 0 bridgehead atoms. The average molecular weight is 178 g/mol. The number of hydrogen-bond acceptors (Lipinski definition) is 2. The van der Waals surface area contributed by atoms with Crippen LogP contribution in [0.4, 0.5) is 0 Å². The number of furan rings is 1. The van der Waals surface area contributed by atoms with Crippen LogP contribution in [0.2, 0.25) is 0 Å². The fourth-order valence-electron chi connectivity index (χ4n) is 1.35. The highest BCUT2D eigenvalue weighted by Crippen LogP contribution is 2.27. The van der Waals surface area contributed by atoms with E-state index in [2.05, 4.69) is 12.6 Å². The van der Waals surface area contributed by atoms with Crippen LogP contribution in [0, 0.1) is 0 Å². The Morgan fingerprint density at radius 3 is 2.92 bits per heavy atom. The molecule has 1 aromatic heterocycles. The zero-order valence-corrected chi connectivity index (χ0v) is 7.71. The molecule has 62 valence electrons. The van der Waals surface area contributed by atoms with E-state index in [0.29, 0.717) is 0 Å². The molecule has 0 aliphatic rings. The van der Waals surface area contributed by atoms with Crippen molar-refractivity contribution in [3.8, 4) is 0 Å². The Morgan fingerprint density at radius 1 is 1.33 bits per heavy atom.